The topological polar surface area (TPSA) is 48.6 Å². The van der Waals surface area contributed by atoms with Crippen molar-refractivity contribution < 1.29 is 9.47 Å². The molecule has 1 aromatic heterocycles. The molecule has 0 saturated carbocycles. The number of imidazole rings is 1. The largest absolute Gasteiger partial charge is 0.493 e. The van der Waals surface area contributed by atoms with E-state index in [0.717, 1.165) is 48.9 Å². The molecule has 0 aliphatic heterocycles. The van der Waals surface area contributed by atoms with Crippen molar-refractivity contribution in [3.8, 4) is 22.9 Å². The van der Waals surface area contributed by atoms with Gasteiger partial charge in [-0.05, 0) is 68.5 Å². The first-order valence-electron chi connectivity index (χ1n) is 10.9. The van der Waals surface area contributed by atoms with Gasteiger partial charge < -0.3 is 14.4 Å². The highest BCUT2D eigenvalue weighted by molar-refractivity contribution is 5.40. The van der Waals surface area contributed by atoms with E-state index in [1.807, 2.05) is 62.6 Å². The minimum absolute atomic E-state index is 0.119. The van der Waals surface area contributed by atoms with E-state index in [1.54, 1.807) is 21.5 Å². The lowest BCUT2D eigenvalue weighted by Crippen LogP contribution is -2.21. The van der Waals surface area contributed by atoms with E-state index < -0.39 is 0 Å². The zero-order valence-electron chi connectivity index (χ0n) is 19.0. The molecule has 6 nitrogen and oxygen atoms in total. The van der Waals surface area contributed by atoms with Gasteiger partial charge in [-0.3, -0.25) is 9.13 Å². The van der Waals surface area contributed by atoms with Crippen molar-refractivity contribution in [1.29, 1.82) is 0 Å². The maximum atomic E-state index is 12.9. The Bertz CT molecular complexity index is 984. The fourth-order valence-electron chi connectivity index (χ4n) is 3.26. The summed E-state index contributed by atoms with van der Waals surface area (Å²) in [5, 5.41) is 0. The van der Waals surface area contributed by atoms with E-state index in [4.69, 9.17) is 9.47 Å². The van der Waals surface area contributed by atoms with Gasteiger partial charge in [0.2, 0.25) is 0 Å². The summed E-state index contributed by atoms with van der Waals surface area (Å²) in [6.45, 7) is 6.57. The number of hydrogen-bond donors (Lipinski definition) is 0. The number of ether oxygens (including phenoxy) is 2. The standard InChI is InChI=1S/C25H33N3O3/c1-5-20(6-2)19-31-24-13-9-22(10-14-24)28-16-15-27(25(28)29)21-7-11-23(12-8-21)30-18-17-26(3)4/h7-16,20H,5-6,17-19H2,1-4H3. The SMILES string of the molecule is CCC(CC)COc1ccc(-n2ccn(-c3ccc(OCCN(C)C)cc3)c2=O)cc1. The van der Waals surface area contributed by atoms with Crippen LogP contribution in [-0.4, -0.2) is 47.9 Å². The maximum absolute atomic E-state index is 12.9. The van der Waals surface area contributed by atoms with Gasteiger partial charge >= 0.3 is 5.69 Å². The second-order valence-electron chi connectivity index (χ2n) is 7.95. The number of likely N-dealkylation sites (N-methyl/N-ethyl adjacent to an activating group) is 1. The third-order valence-corrected chi connectivity index (χ3v) is 5.45. The summed E-state index contributed by atoms with van der Waals surface area (Å²) in [6.07, 6.45) is 5.78. The van der Waals surface area contributed by atoms with Crippen LogP contribution in [0.15, 0.2) is 65.7 Å². The number of benzene rings is 2. The van der Waals surface area contributed by atoms with Crippen LogP contribution >= 0.6 is 0 Å². The molecular weight excluding hydrogens is 390 g/mol. The lowest BCUT2D eigenvalue weighted by Gasteiger charge is -2.14. The normalized spacial score (nSPS) is 11.3. The third kappa shape index (κ3) is 6.01. The van der Waals surface area contributed by atoms with Gasteiger partial charge in [0.25, 0.3) is 0 Å². The fourth-order valence-corrected chi connectivity index (χ4v) is 3.26. The molecular formula is C25H33N3O3. The molecule has 1 heterocycles. The van der Waals surface area contributed by atoms with Crippen LogP contribution in [0.3, 0.4) is 0 Å². The maximum Gasteiger partial charge on any atom is 0.337 e. The minimum Gasteiger partial charge on any atom is -0.493 e. The molecule has 0 radical (unpaired) electrons. The zero-order chi connectivity index (χ0) is 22.2. The molecule has 0 unspecified atom stereocenters. The lowest BCUT2D eigenvalue weighted by molar-refractivity contribution is 0.240. The Morgan fingerprint density at radius 3 is 1.74 bits per heavy atom. The molecule has 0 fully saturated rings. The van der Waals surface area contributed by atoms with Gasteiger partial charge in [0.05, 0.1) is 18.0 Å². The quantitative estimate of drug-likeness (QED) is 0.459. The summed E-state index contributed by atoms with van der Waals surface area (Å²) < 4.78 is 14.9. The van der Waals surface area contributed by atoms with E-state index >= 15 is 0 Å². The van der Waals surface area contributed by atoms with Crippen molar-refractivity contribution in [3.63, 3.8) is 0 Å². The molecule has 0 atom stereocenters. The Hall–Kier alpha value is -2.99. The molecule has 0 spiro atoms. The van der Waals surface area contributed by atoms with E-state index in [2.05, 4.69) is 18.7 Å². The van der Waals surface area contributed by atoms with Crippen molar-refractivity contribution in [1.82, 2.24) is 14.0 Å². The average molecular weight is 424 g/mol. The first kappa shape index (κ1) is 22.7. The van der Waals surface area contributed by atoms with Crippen molar-refractivity contribution in [3.05, 3.63) is 71.4 Å². The van der Waals surface area contributed by atoms with Gasteiger partial charge in [0.15, 0.2) is 0 Å². The average Bonchev–Trinajstić information content (AvgIpc) is 3.16. The molecule has 0 amide bonds. The molecule has 31 heavy (non-hydrogen) atoms. The first-order valence-corrected chi connectivity index (χ1v) is 10.9. The number of nitrogens with zero attached hydrogens (tertiary/aromatic N) is 3. The highest BCUT2D eigenvalue weighted by atomic mass is 16.5. The number of aromatic nitrogens is 2. The van der Waals surface area contributed by atoms with Gasteiger partial charge in [-0.15, -0.1) is 0 Å². The van der Waals surface area contributed by atoms with E-state index in [1.165, 1.54) is 0 Å². The van der Waals surface area contributed by atoms with Crippen LogP contribution in [0.1, 0.15) is 26.7 Å². The lowest BCUT2D eigenvalue weighted by atomic mass is 10.1. The molecule has 0 aliphatic rings. The van der Waals surface area contributed by atoms with Gasteiger partial charge in [0.1, 0.15) is 18.1 Å². The smallest absolute Gasteiger partial charge is 0.337 e. The Morgan fingerprint density at radius 1 is 0.806 bits per heavy atom. The zero-order valence-corrected chi connectivity index (χ0v) is 19.0. The highest BCUT2D eigenvalue weighted by Gasteiger charge is 2.09. The summed E-state index contributed by atoms with van der Waals surface area (Å²) in [6, 6.07) is 15.2. The first-order chi connectivity index (χ1) is 15.0. The van der Waals surface area contributed by atoms with Crippen LogP contribution in [-0.2, 0) is 0 Å². The molecule has 3 aromatic rings. The molecule has 2 aromatic carbocycles. The van der Waals surface area contributed by atoms with Crippen LogP contribution < -0.4 is 15.2 Å². The Labute approximate surface area is 184 Å². The van der Waals surface area contributed by atoms with Crippen molar-refractivity contribution in [2.75, 3.05) is 33.9 Å². The molecule has 0 saturated heterocycles. The predicted molar refractivity (Wildman–Crippen MR) is 125 cm³/mol. The van der Waals surface area contributed by atoms with Crippen LogP contribution in [0.4, 0.5) is 0 Å². The molecule has 6 heteroatoms. The van der Waals surface area contributed by atoms with Crippen molar-refractivity contribution in [2.24, 2.45) is 5.92 Å². The summed E-state index contributed by atoms with van der Waals surface area (Å²) in [7, 11) is 4.02. The van der Waals surface area contributed by atoms with Gasteiger partial charge in [-0.2, -0.15) is 0 Å². The fraction of sp³-hybridized carbons (Fsp3) is 0.400. The van der Waals surface area contributed by atoms with Crippen LogP contribution in [0, 0.1) is 5.92 Å². The molecule has 0 bridgehead atoms. The van der Waals surface area contributed by atoms with Gasteiger partial charge in [-0.1, -0.05) is 26.7 Å². The summed E-state index contributed by atoms with van der Waals surface area (Å²) in [5.74, 6) is 2.19. The van der Waals surface area contributed by atoms with E-state index in [0.29, 0.717) is 12.5 Å². The Balaban J connectivity index is 1.68. The monoisotopic (exact) mass is 423 g/mol. The second-order valence-corrected chi connectivity index (χ2v) is 7.95. The van der Waals surface area contributed by atoms with Crippen molar-refractivity contribution in [2.45, 2.75) is 26.7 Å². The number of rotatable bonds is 11. The number of hydrogen-bond acceptors (Lipinski definition) is 4. The summed E-state index contributed by atoms with van der Waals surface area (Å²) in [4.78, 5) is 15.0. The van der Waals surface area contributed by atoms with Gasteiger partial charge in [0, 0.05) is 18.9 Å². The predicted octanol–water partition coefficient (Wildman–Crippen LogP) is 4.38. The van der Waals surface area contributed by atoms with Crippen molar-refractivity contribution >= 4 is 0 Å². The molecule has 0 aliphatic carbocycles. The Morgan fingerprint density at radius 2 is 1.29 bits per heavy atom. The van der Waals surface area contributed by atoms with E-state index in [-0.39, 0.29) is 5.69 Å². The second kappa shape index (κ2) is 10.9. The van der Waals surface area contributed by atoms with Crippen LogP contribution in [0.5, 0.6) is 11.5 Å². The summed E-state index contributed by atoms with van der Waals surface area (Å²) >= 11 is 0. The highest BCUT2D eigenvalue weighted by Crippen LogP contribution is 2.18. The molecule has 0 N–H and O–H groups in total. The van der Waals surface area contributed by atoms with E-state index in [9.17, 15) is 4.79 Å². The minimum atomic E-state index is -0.119. The van der Waals surface area contributed by atoms with Crippen LogP contribution in [0.2, 0.25) is 0 Å². The molecule has 3 rings (SSSR count). The third-order valence-electron chi connectivity index (χ3n) is 5.45. The summed E-state index contributed by atoms with van der Waals surface area (Å²) in [5.41, 5.74) is 1.49. The Kier molecular flexibility index (Phi) is 7.95. The van der Waals surface area contributed by atoms with Gasteiger partial charge in [-0.25, -0.2) is 4.79 Å². The molecule has 166 valence electrons. The van der Waals surface area contributed by atoms with Crippen LogP contribution in [0.25, 0.3) is 11.4 Å².